The van der Waals surface area contributed by atoms with Gasteiger partial charge in [0, 0.05) is 0 Å². The number of hydrogen-bond donors (Lipinski definition) is 0. The van der Waals surface area contributed by atoms with Crippen molar-refractivity contribution >= 4 is 20.3 Å². The molecule has 23 heavy (non-hydrogen) atoms. The van der Waals surface area contributed by atoms with Crippen LogP contribution in [0.2, 0.25) is 18.1 Å². The Kier molecular flexibility index (Phi) is 6.62. The zero-order valence-electron chi connectivity index (χ0n) is 15.1. The minimum absolute atomic E-state index is 0.181. The molecule has 0 radical (unpaired) electrons. The van der Waals surface area contributed by atoms with E-state index in [1.807, 2.05) is 13.2 Å². The Labute approximate surface area is 140 Å². The summed E-state index contributed by atoms with van der Waals surface area (Å²) >= 11 is 0. The van der Waals surface area contributed by atoms with Gasteiger partial charge in [0.25, 0.3) is 5.91 Å². The lowest BCUT2D eigenvalue weighted by atomic mass is 10.2. The van der Waals surface area contributed by atoms with Crippen molar-refractivity contribution in [3.8, 4) is 0 Å². The van der Waals surface area contributed by atoms with Gasteiger partial charge in [-0.2, -0.15) is 0 Å². The number of cyclic esters (lactones) is 1. The van der Waals surface area contributed by atoms with E-state index >= 15 is 0 Å². The summed E-state index contributed by atoms with van der Waals surface area (Å²) < 4.78 is 10.8. The predicted octanol–water partition coefficient (Wildman–Crippen LogP) is 4.23. The first-order valence-electron chi connectivity index (χ1n) is 8.03. The molecule has 130 valence electrons. The maximum Gasteiger partial charge on any atom is 0.416 e. The lowest BCUT2D eigenvalue weighted by Crippen LogP contribution is -2.39. The Hall–Kier alpha value is -1.56. The molecule has 1 aliphatic heterocycles. The molecule has 0 bridgehead atoms. The maximum absolute atomic E-state index is 11.8. The Morgan fingerprint density at radius 2 is 2.04 bits per heavy atom. The Morgan fingerprint density at radius 1 is 1.39 bits per heavy atom. The molecular weight excluding hydrogens is 310 g/mol. The zero-order chi connectivity index (χ0) is 17.7. The van der Waals surface area contributed by atoms with Crippen molar-refractivity contribution in [1.29, 1.82) is 0 Å². The number of hydrogen-bond acceptors (Lipinski definition) is 4. The lowest BCUT2D eigenvalue weighted by Gasteiger charge is -2.35. The van der Waals surface area contributed by atoms with Crippen LogP contribution >= 0.6 is 0 Å². The van der Waals surface area contributed by atoms with Gasteiger partial charge in [0.2, 0.25) is 8.32 Å². The molecule has 2 amide bonds. The summed E-state index contributed by atoms with van der Waals surface area (Å²) in [6, 6.07) is 0. The van der Waals surface area contributed by atoms with Crippen LogP contribution in [0.1, 0.15) is 40.5 Å². The van der Waals surface area contributed by atoms with Crippen molar-refractivity contribution in [2.45, 2.75) is 58.7 Å². The number of rotatable bonds is 6. The molecule has 0 N–H and O–H groups in total. The van der Waals surface area contributed by atoms with E-state index in [4.69, 9.17) is 9.16 Å². The van der Waals surface area contributed by atoms with E-state index in [1.54, 1.807) is 6.08 Å². The first kappa shape index (κ1) is 19.5. The van der Waals surface area contributed by atoms with Crippen molar-refractivity contribution in [3.63, 3.8) is 0 Å². The van der Waals surface area contributed by atoms with Crippen LogP contribution in [0.25, 0.3) is 0 Å². The first-order valence-corrected chi connectivity index (χ1v) is 10.9. The van der Waals surface area contributed by atoms with Gasteiger partial charge in [-0.05, 0) is 49.5 Å². The Balaban J connectivity index is 2.40. The molecule has 1 aliphatic rings. The molecule has 1 rings (SSSR count). The third-order valence-corrected chi connectivity index (χ3v) is 8.67. The highest BCUT2D eigenvalue weighted by atomic mass is 28.4. The molecule has 0 aliphatic carbocycles. The minimum atomic E-state index is -1.77. The molecule has 0 aromatic rings. The van der Waals surface area contributed by atoms with Gasteiger partial charge in [-0.25, -0.2) is 9.69 Å². The lowest BCUT2D eigenvalue weighted by molar-refractivity contribution is -0.122. The first-order chi connectivity index (χ1) is 10.5. The normalized spacial score (nSPS) is 16.9. The van der Waals surface area contributed by atoms with Gasteiger partial charge in [-0.1, -0.05) is 26.8 Å². The summed E-state index contributed by atoms with van der Waals surface area (Å²) in [6.45, 7) is 13.7. The number of allylic oxidation sites excluding steroid dienone is 2. The van der Waals surface area contributed by atoms with Gasteiger partial charge >= 0.3 is 6.09 Å². The standard InChI is InChI=1S/C17H29NO4Si/c1-14(13-22-23(5,6)17(2,3)4)9-7-8-10-15(19)18-11-12-21-16(18)20/h8,10,13H,7,9,11-12H2,1-6H3/b10-8-,14-13+. The van der Waals surface area contributed by atoms with Crippen molar-refractivity contribution in [1.82, 2.24) is 4.90 Å². The molecule has 0 atom stereocenters. The molecule has 0 unspecified atom stereocenters. The monoisotopic (exact) mass is 339 g/mol. The zero-order valence-corrected chi connectivity index (χ0v) is 16.1. The van der Waals surface area contributed by atoms with Crippen LogP contribution in [0.3, 0.4) is 0 Å². The number of carbonyl (C=O) groups is 2. The largest absolute Gasteiger partial charge is 0.549 e. The van der Waals surface area contributed by atoms with Gasteiger partial charge in [0.1, 0.15) is 6.61 Å². The fourth-order valence-corrected chi connectivity index (χ4v) is 2.51. The summed E-state index contributed by atoms with van der Waals surface area (Å²) in [6.07, 6.45) is 6.09. The predicted molar refractivity (Wildman–Crippen MR) is 93.5 cm³/mol. The Bertz CT molecular complexity index is 503. The molecule has 0 aromatic carbocycles. The van der Waals surface area contributed by atoms with Gasteiger partial charge in [-0.3, -0.25) is 4.79 Å². The van der Waals surface area contributed by atoms with E-state index in [2.05, 4.69) is 33.9 Å². The van der Waals surface area contributed by atoms with Crippen LogP contribution in [0.5, 0.6) is 0 Å². The third kappa shape index (κ3) is 5.86. The number of imide groups is 1. The second kappa shape index (κ2) is 7.81. The summed E-state index contributed by atoms with van der Waals surface area (Å²) in [5.41, 5.74) is 1.15. The average molecular weight is 340 g/mol. The van der Waals surface area contributed by atoms with E-state index in [0.29, 0.717) is 6.54 Å². The third-order valence-electron chi connectivity index (χ3n) is 4.35. The molecule has 1 heterocycles. The van der Waals surface area contributed by atoms with Crippen molar-refractivity contribution in [2.75, 3.05) is 13.2 Å². The highest BCUT2D eigenvalue weighted by Gasteiger charge is 2.38. The molecule has 6 heteroatoms. The van der Waals surface area contributed by atoms with Crippen molar-refractivity contribution in [2.24, 2.45) is 0 Å². The van der Waals surface area contributed by atoms with E-state index in [-0.39, 0.29) is 17.6 Å². The maximum atomic E-state index is 11.8. The van der Waals surface area contributed by atoms with Crippen molar-refractivity contribution < 1.29 is 18.8 Å². The smallest absolute Gasteiger partial charge is 0.416 e. The number of nitrogens with zero attached hydrogens (tertiary/aromatic N) is 1. The molecule has 0 aromatic heterocycles. The SMILES string of the molecule is C/C(=C\O[Si](C)(C)C(C)(C)C)CC/C=C\C(=O)N1CCOC1=O. The van der Waals surface area contributed by atoms with Crippen LogP contribution in [0.4, 0.5) is 4.79 Å². The van der Waals surface area contributed by atoms with Crippen LogP contribution in [-0.4, -0.2) is 38.4 Å². The Morgan fingerprint density at radius 3 is 2.57 bits per heavy atom. The van der Waals surface area contributed by atoms with Gasteiger partial charge in [0.05, 0.1) is 12.8 Å². The minimum Gasteiger partial charge on any atom is -0.549 e. The van der Waals surface area contributed by atoms with E-state index < -0.39 is 14.4 Å². The topological polar surface area (TPSA) is 55.8 Å². The number of ether oxygens (including phenoxy) is 1. The van der Waals surface area contributed by atoms with E-state index in [0.717, 1.165) is 23.3 Å². The van der Waals surface area contributed by atoms with Crippen molar-refractivity contribution in [3.05, 3.63) is 24.0 Å². The molecule has 1 saturated heterocycles. The summed E-state index contributed by atoms with van der Waals surface area (Å²) in [7, 11) is -1.77. The summed E-state index contributed by atoms with van der Waals surface area (Å²) in [4.78, 5) is 24.1. The number of carbonyl (C=O) groups excluding carboxylic acids is 2. The second-order valence-electron chi connectivity index (χ2n) is 7.39. The summed E-state index contributed by atoms with van der Waals surface area (Å²) in [5, 5.41) is 0.181. The van der Waals surface area contributed by atoms with Crippen LogP contribution < -0.4 is 0 Å². The average Bonchev–Trinajstić information content (AvgIpc) is 2.86. The second-order valence-corrected chi connectivity index (χ2v) is 12.1. The fourth-order valence-electron chi connectivity index (χ4n) is 1.66. The van der Waals surface area contributed by atoms with Crippen LogP contribution in [0, 0.1) is 0 Å². The molecular formula is C17H29NO4Si. The van der Waals surface area contributed by atoms with E-state index in [1.165, 1.54) is 6.08 Å². The highest BCUT2D eigenvalue weighted by Crippen LogP contribution is 2.36. The van der Waals surface area contributed by atoms with Gasteiger partial charge < -0.3 is 9.16 Å². The molecule has 1 fully saturated rings. The number of amides is 2. The van der Waals surface area contributed by atoms with Gasteiger partial charge in [0.15, 0.2) is 0 Å². The van der Waals surface area contributed by atoms with Crippen LogP contribution in [-0.2, 0) is 14.0 Å². The van der Waals surface area contributed by atoms with Crippen LogP contribution in [0.15, 0.2) is 24.0 Å². The molecule has 0 saturated carbocycles. The fraction of sp³-hybridized carbons (Fsp3) is 0.647. The molecule has 0 spiro atoms. The molecule has 5 nitrogen and oxygen atoms in total. The highest BCUT2D eigenvalue weighted by molar-refractivity contribution is 6.74. The summed E-state index contributed by atoms with van der Waals surface area (Å²) in [5.74, 6) is -0.313. The quantitative estimate of drug-likeness (QED) is 0.413. The van der Waals surface area contributed by atoms with E-state index in [9.17, 15) is 9.59 Å². The van der Waals surface area contributed by atoms with Gasteiger partial charge in [-0.15, -0.1) is 0 Å².